The first kappa shape index (κ1) is 19.7. The first-order valence-corrected chi connectivity index (χ1v) is 10.0. The fourth-order valence-corrected chi connectivity index (χ4v) is 4.25. The van der Waals surface area contributed by atoms with E-state index in [0.717, 1.165) is 16.9 Å². The second kappa shape index (κ2) is 8.03. The SMILES string of the molecule is CC(=O)N(c1ccc(O)cc1)[C@H]1C[C@@H](C)N(C(=O)c2ccccc2)c2ccccc21. The molecule has 0 unspecified atom stereocenters. The maximum Gasteiger partial charge on any atom is 0.258 e. The lowest BCUT2D eigenvalue weighted by Gasteiger charge is -2.43. The van der Waals surface area contributed by atoms with Crippen molar-refractivity contribution in [2.75, 3.05) is 9.80 Å². The maximum absolute atomic E-state index is 13.3. The number of rotatable bonds is 3. The number of hydrogen-bond acceptors (Lipinski definition) is 3. The van der Waals surface area contributed by atoms with Crippen LogP contribution in [-0.4, -0.2) is 23.0 Å². The van der Waals surface area contributed by atoms with E-state index in [0.29, 0.717) is 12.0 Å². The zero-order valence-electron chi connectivity index (χ0n) is 17.0. The monoisotopic (exact) mass is 400 g/mol. The van der Waals surface area contributed by atoms with Gasteiger partial charge in [0.15, 0.2) is 0 Å². The highest BCUT2D eigenvalue weighted by atomic mass is 16.3. The van der Waals surface area contributed by atoms with Crippen molar-refractivity contribution in [1.29, 1.82) is 0 Å². The molecule has 2 amide bonds. The van der Waals surface area contributed by atoms with Crippen LogP contribution in [0.15, 0.2) is 78.9 Å². The molecule has 5 nitrogen and oxygen atoms in total. The number of amides is 2. The second-order valence-corrected chi connectivity index (χ2v) is 7.61. The highest BCUT2D eigenvalue weighted by molar-refractivity contribution is 6.07. The number of aromatic hydroxyl groups is 1. The van der Waals surface area contributed by atoms with Crippen molar-refractivity contribution < 1.29 is 14.7 Å². The molecule has 0 aromatic heterocycles. The Kier molecular flexibility index (Phi) is 5.27. The number of nitrogens with zero attached hydrogens (tertiary/aromatic N) is 2. The number of phenols is 1. The third-order valence-corrected chi connectivity index (χ3v) is 5.58. The molecule has 0 radical (unpaired) electrons. The number of phenolic OH excluding ortho intramolecular Hbond substituents is 1. The summed E-state index contributed by atoms with van der Waals surface area (Å²) in [6.45, 7) is 3.56. The molecule has 4 rings (SSSR count). The summed E-state index contributed by atoms with van der Waals surface area (Å²) in [7, 11) is 0. The van der Waals surface area contributed by atoms with Crippen LogP contribution in [0.25, 0.3) is 0 Å². The summed E-state index contributed by atoms with van der Waals surface area (Å²) in [4.78, 5) is 29.6. The molecule has 1 heterocycles. The van der Waals surface area contributed by atoms with E-state index in [1.807, 2.05) is 66.4 Å². The Balaban J connectivity index is 1.78. The molecule has 1 aliphatic rings. The summed E-state index contributed by atoms with van der Waals surface area (Å²) < 4.78 is 0. The third-order valence-electron chi connectivity index (χ3n) is 5.58. The molecule has 2 atom stereocenters. The molecule has 1 N–H and O–H groups in total. The number of benzene rings is 3. The Bertz CT molecular complexity index is 1060. The van der Waals surface area contributed by atoms with E-state index in [2.05, 4.69) is 0 Å². The lowest BCUT2D eigenvalue weighted by Crippen LogP contribution is -2.47. The number of fused-ring (bicyclic) bond motifs is 1. The van der Waals surface area contributed by atoms with Gasteiger partial charge in [-0.3, -0.25) is 9.59 Å². The first-order chi connectivity index (χ1) is 14.5. The molecule has 0 saturated carbocycles. The van der Waals surface area contributed by atoms with Crippen LogP contribution in [0.4, 0.5) is 11.4 Å². The van der Waals surface area contributed by atoms with E-state index in [1.165, 1.54) is 0 Å². The zero-order valence-corrected chi connectivity index (χ0v) is 17.0. The van der Waals surface area contributed by atoms with Crippen LogP contribution in [0.1, 0.15) is 42.2 Å². The third kappa shape index (κ3) is 3.54. The molecule has 0 bridgehead atoms. The molecule has 0 fully saturated rings. The molecule has 152 valence electrons. The molecule has 3 aromatic carbocycles. The fraction of sp³-hybridized carbons (Fsp3) is 0.200. The largest absolute Gasteiger partial charge is 0.508 e. The van der Waals surface area contributed by atoms with Gasteiger partial charge in [-0.05, 0) is 61.4 Å². The quantitative estimate of drug-likeness (QED) is 0.678. The van der Waals surface area contributed by atoms with Crippen LogP contribution < -0.4 is 9.80 Å². The Morgan fingerprint density at radius 1 is 0.933 bits per heavy atom. The topological polar surface area (TPSA) is 60.9 Å². The number of anilines is 2. The maximum atomic E-state index is 13.3. The van der Waals surface area contributed by atoms with E-state index in [9.17, 15) is 14.7 Å². The molecule has 5 heteroatoms. The lowest BCUT2D eigenvalue weighted by molar-refractivity contribution is -0.117. The van der Waals surface area contributed by atoms with E-state index in [1.54, 1.807) is 36.1 Å². The smallest absolute Gasteiger partial charge is 0.258 e. The van der Waals surface area contributed by atoms with Gasteiger partial charge in [-0.15, -0.1) is 0 Å². The predicted molar refractivity (Wildman–Crippen MR) is 118 cm³/mol. The Morgan fingerprint density at radius 2 is 1.57 bits per heavy atom. The minimum atomic E-state index is -0.210. The van der Waals surface area contributed by atoms with Crippen molar-refractivity contribution in [3.63, 3.8) is 0 Å². The summed E-state index contributed by atoms with van der Waals surface area (Å²) >= 11 is 0. The van der Waals surface area contributed by atoms with Gasteiger partial charge in [0.25, 0.3) is 5.91 Å². The Hall–Kier alpha value is -3.60. The Labute approximate surface area is 176 Å². The zero-order chi connectivity index (χ0) is 21.3. The predicted octanol–water partition coefficient (Wildman–Crippen LogP) is 4.93. The minimum Gasteiger partial charge on any atom is -0.508 e. The fourth-order valence-electron chi connectivity index (χ4n) is 4.25. The summed E-state index contributed by atoms with van der Waals surface area (Å²) in [6, 6.07) is 23.3. The van der Waals surface area contributed by atoms with Gasteiger partial charge in [-0.1, -0.05) is 36.4 Å². The van der Waals surface area contributed by atoms with Crippen molar-refractivity contribution in [3.05, 3.63) is 90.0 Å². The first-order valence-electron chi connectivity index (χ1n) is 10.0. The van der Waals surface area contributed by atoms with E-state index in [-0.39, 0.29) is 29.6 Å². The molecule has 3 aromatic rings. The van der Waals surface area contributed by atoms with Gasteiger partial charge in [0.1, 0.15) is 5.75 Å². The average molecular weight is 400 g/mol. The van der Waals surface area contributed by atoms with Crippen LogP contribution in [0.2, 0.25) is 0 Å². The van der Waals surface area contributed by atoms with Crippen LogP contribution in [0.3, 0.4) is 0 Å². The Morgan fingerprint density at radius 3 is 2.23 bits per heavy atom. The molecule has 1 aliphatic heterocycles. The van der Waals surface area contributed by atoms with Gasteiger partial charge in [-0.2, -0.15) is 0 Å². The van der Waals surface area contributed by atoms with Crippen LogP contribution in [0, 0.1) is 0 Å². The number of para-hydroxylation sites is 1. The highest BCUT2D eigenvalue weighted by Crippen LogP contribution is 2.42. The van der Waals surface area contributed by atoms with Crippen molar-refractivity contribution >= 4 is 23.2 Å². The van der Waals surface area contributed by atoms with Crippen LogP contribution in [0.5, 0.6) is 5.75 Å². The molecule has 0 aliphatic carbocycles. The van der Waals surface area contributed by atoms with Gasteiger partial charge < -0.3 is 14.9 Å². The summed E-state index contributed by atoms with van der Waals surface area (Å²) in [5.74, 6) is 0.0165. The van der Waals surface area contributed by atoms with Crippen molar-refractivity contribution in [3.8, 4) is 5.75 Å². The van der Waals surface area contributed by atoms with Crippen LogP contribution >= 0.6 is 0 Å². The van der Waals surface area contributed by atoms with Gasteiger partial charge >= 0.3 is 0 Å². The normalized spacial score (nSPS) is 17.9. The minimum absolute atomic E-state index is 0.0481. The van der Waals surface area contributed by atoms with Crippen molar-refractivity contribution in [2.45, 2.75) is 32.4 Å². The molecule has 0 spiro atoms. The highest BCUT2D eigenvalue weighted by Gasteiger charge is 2.38. The van der Waals surface area contributed by atoms with Gasteiger partial charge in [0.05, 0.1) is 6.04 Å². The van der Waals surface area contributed by atoms with Crippen LogP contribution in [-0.2, 0) is 4.79 Å². The summed E-state index contributed by atoms with van der Waals surface area (Å²) in [5, 5.41) is 9.64. The standard InChI is InChI=1S/C25H24N2O3/c1-17-16-24(27(18(2)28)20-12-14-21(29)15-13-20)22-10-6-7-11-23(22)26(17)25(30)19-8-4-3-5-9-19/h3-15,17,24,29H,16H2,1-2H3/t17-,24+/m1/s1. The van der Waals surface area contributed by atoms with E-state index < -0.39 is 0 Å². The number of hydrogen-bond donors (Lipinski definition) is 1. The van der Waals surface area contributed by atoms with Gasteiger partial charge in [0.2, 0.25) is 5.91 Å². The second-order valence-electron chi connectivity index (χ2n) is 7.61. The molecular weight excluding hydrogens is 376 g/mol. The summed E-state index contributed by atoms with van der Waals surface area (Å²) in [5.41, 5.74) is 3.11. The summed E-state index contributed by atoms with van der Waals surface area (Å²) in [6.07, 6.45) is 0.607. The van der Waals surface area contributed by atoms with Gasteiger partial charge in [-0.25, -0.2) is 0 Å². The number of carbonyl (C=O) groups excluding carboxylic acids is 2. The number of carbonyl (C=O) groups is 2. The van der Waals surface area contributed by atoms with Crippen molar-refractivity contribution in [1.82, 2.24) is 0 Å². The van der Waals surface area contributed by atoms with Gasteiger partial charge in [0, 0.05) is 29.9 Å². The van der Waals surface area contributed by atoms with Crippen molar-refractivity contribution in [2.24, 2.45) is 0 Å². The molecule has 0 saturated heterocycles. The lowest BCUT2D eigenvalue weighted by atomic mass is 9.89. The molecular formula is C25H24N2O3. The van der Waals surface area contributed by atoms with E-state index in [4.69, 9.17) is 0 Å². The average Bonchev–Trinajstić information content (AvgIpc) is 2.75. The molecule has 30 heavy (non-hydrogen) atoms. The van der Waals surface area contributed by atoms with E-state index >= 15 is 0 Å².